The van der Waals surface area contributed by atoms with Crippen molar-refractivity contribution >= 4 is 40.6 Å². The van der Waals surface area contributed by atoms with Gasteiger partial charge in [-0.15, -0.1) is 15.3 Å². The lowest BCUT2D eigenvalue weighted by Crippen LogP contribution is -2.41. The number of halogens is 2. The van der Waals surface area contributed by atoms with Gasteiger partial charge in [-0.05, 0) is 49.6 Å². The molecule has 0 bridgehead atoms. The first-order chi connectivity index (χ1) is 15.0. The largest absolute Gasteiger partial charge is 0.355 e. The number of fused-ring (bicyclic) bond motifs is 1. The molecule has 2 aromatic heterocycles. The van der Waals surface area contributed by atoms with Crippen LogP contribution in [0.3, 0.4) is 0 Å². The highest BCUT2D eigenvalue weighted by molar-refractivity contribution is 6.35. The maximum atomic E-state index is 12.7. The van der Waals surface area contributed by atoms with Crippen LogP contribution in [0.15, 0.2) is 30.3 Å². The monoisotopic (exact) mass is 460 g/mol. The van der Waals surface area contributed by atoms with E-state index < -0.39 is 0 Å². The standard InChI is InChI=1S/C22H26Cl2N6O/c1-3-4-9-28(2)22(31)15-7-10-29(11-8-15)20-6-5-19-25-26-21(30(19)27-20)16-12-17(23)14-18(24)13-16/h5-6,12-15H,3-4,7-11H2,1-2H3. The maximum Gasteiger partial charge on any atom is 0.225 e. The normalized spacial score (nSPS) is 14.9. The van der Waals surface area contributed by atoms with Gasteiger partial charge in [0.2, 0.25) is 5.91 Å². The van der Waals surface area contributed by atoms with Gasteiger partial charge in [0, 0.05) is 48.2 Å². The fourth-order valence-electron chi connectivity index (χ4n) is 3.98. The van der Waals surface area contributed by atoms with E-state index in [1.807, 2.05) is 24.1 Å². The third kappa shape index (κ3) is 4.77. The van der Waals surface area contributed by atoms with E-state index in [0.717, 1.165) is 56.7 Å². The summed E-state index contributed by atoms with van der Waals surface area (Å²) in [6, 6.07) is 9.13. The molecule has 0 atom stereocenters. The number of hydrogen-bond acceptors (Lipinski definition) is 5. The summed E-state index contributed by atoms with van der Waals surface area (Å²) in [5.41, 5.74) is 1.41. The van der Waals surface area contributed by atoms with Crippen LogP contribution in [0, 0.1) is 5.92 Å². The quantitative estimate of drug-likeness (QED) is 0.538. The summed E-state index contributed by atoms with van der Waals surface area (Å²) in [5, 5.41) is 14.3. The van der Waals surface area contributed by atoms with Gasteiger partial charge in [0.05, 0.1) is 0 Å². The van der Waals surface area contributed by atoms with Gasteiger partial charge in [0.15, 0.2) is 11.5 Å². The lowest BCUT2D eigenvalue weighted by molar-refractivity contribution is -0.134. The number of piperidine rings is 1. The molecule has 1 aromatic carbocycles. The van der Waals surface area contributed by atoms with Crippen LogP contribution < -0.4 is 4.90 Å². The van der Waals surface area contributed by atoms with Gasteiger partial charge in [-0.2, -0.15) is 4.52 Å². The van der Waals surface area contributed by atoms with Crippen molar-refractivity contribution in [2.45, 2.75) is 32.6 Å². The van der Waals surface area contributed by atoms with Gasteiger partial charge < -0.3 is 9.80 Å². The molecule has 7 nitrogen and oxygen atoms in total. The van der Waals surface area contributed by atoms with Crippen LogP contribution in [-0.2, 0) is 4.79 Å². The highest BCUT2D eigenvalue weighted by Crippen LogP contribution is 2.28. The number of anilines is 1. The molecule has 3 heterocycles. The minimum Gasteiger partial charge on any atom is -0.355 e. The van der Waals surface area contributed by atoms with Gasteiger partial charge >= 0.3 is 0 Å². The Balaban J connectivity index is 1.50. The average Bonchev–Trinajstić information content (AvgIpc) is 3.19. The van der Waals surface area contributed by atoms with Gasteiger partial charge in [-0.3, -0.25) is 4.79 Å². The van der Waals surface area contributed by atoms with Crippen molar-refractivity contribution < 1.29 is 4.79 Å². The smallest absolute Gasteiger partial charge is 0.225 e. The van der Waals surface area contributed by atoms with Crippen LogP contribution in [0.2, 0.25) is 10.0 Å². The number of amides is 1. The van der Waals surface area contributed by atoms with Crippen molar-refractivity contribution in [3.05, 3.63) is 40.4 Å². The first kappa shape index (κ1) is 21.8. The van der Waals surface area contributed by atoms with Crippen LogP contribution in [-0.4, -0.2) is 57.3 Å². The minimum atomic E-state index is 0.0842. The summed E-state index contributed by atoms with van der Waals surface area (Å²) in [4.78, 5) is 16.8. The Hall–Kier alpha value is -2.38. The van der Waals surface area contributed by atoms with Crippen molar-refractivity contribution in [2.24, 2.45) is 5.92 Å². The molecule has 0 unspecified atom stereocenters. The van der Waals surface area contributed by atoms with Gasteiger partial charge in [-0.1, -0.05) is 36.5 Å². The molecule has 164 valence electrons. The van der Waals surface area contributed by atoms with Crippen LogP contribution in [0.5, 0.6) is 0 Å². The second-order valence-corrected chi connectivity index (χ2v) is 8.89. The number of carbonyl (C=O) groups excluding carboxylic acids is 1. The fourth-order valence-corrected chi connectivity index (χ4v) is 4.51. The second kappa shape index (κ2) is 9.40. The summed E-state index contributed by atoms with van der Waals surface area (Å²) in [5.74, 6) is 1.77. The molecule has 0 spiro atoms. The summed E-state index contributed by atoms with van der Waals surface area (Å²) < 4.78 is 1.72. The molecule has 0 N–H and O–H groups in total. The molecule has 9 heteroatoms. The van der Waals surface area contributed by atoms with Crippen molar-refractivity contribution in [3.63, 3.8) is 0 Å². The molecular formula is C22H26Cl2N6O. The summed E-state index contributed by atoms with van der Waals surface area (Å²) in [7, 11) is 1.91. The Morgan fingerprint density at radius 3 is 2.52 bits per heavy atom. The summed E-state index contributed by atoms with van der Waals surface area (Å²) >= 11 is 12.3. The van der Waals surface area contributed by atoms with Crippen LogP contribution in [0.25, 0.3) is 17.0 Å². The summed E-state index contributed by atoms with van der Waals surface area (Å²) in [6.07, 6.45) is 3.79. The van der Waals surface area contributed by atoms with Crippen molar-refractivity contribution in [1.29, 1.82) is 0 Å². The highest BCUT2D eigenvalue weighted by atomic mass is 35.5. The predicted molar refractivity (Wildman–Crippen MR) is 124 cm³/mol. The molecule has 4 rings (SSSR count). The number of unbranched alkanes of at least 4 members (excludes halogenated alkanes) is 1. The summed E-state index contributed by atoms with van der Waals surface area (Å²) in [6.45, 7) is 4.55. The SMILES string of the molecule is CCCCN(C)C(=O)C1CCN(c2ccc3nnc(-c4cc(Cl)cc(Cl)c4)n3n2)CC1. The number of hydrogen-bond donors (Lipinski definition) is 0. The van der Waals surface area contributed by atoms with Crippen molar-refractivity contribution in [3.8, 4) is 11.4 Å². The Kier molecular flexibility index (Phi) is 6.62. The molecular weight excluding hydrogens is 435 g/mol. The Morgan fingerprint density at radius 1 is 1.13 bits per heavy atom. The topological polar surface area (TPSA) is 66.6 Å². The first-order valence-corrected chi connectivity index (χ1v) is 11.4. The zero-order valence-electron chi connectivity index (χ0n) is 17.8. The lowest BCUT2D eigenvalue weighted by atomic mass is 9.95. The van der Waals surface area contributed by atoms with Crippen molar-refractivity contribution in [1.82, 2.24) is 24.7 Å². The molecule has 3 aromatic rings. The zero-order valence-corrected chi connectivity index (χ0v) is 19.3. The van der Waals surface area contributed by atoms with E-state index in [1.165, 1.54) is 0 Å². The van der Waals surface area contributed by atoms with E-state index in [1.54, 1.807) is 22.7 Å². The predicted octanol–water partition coefficient (Wildman–Crippen LogP) is 4.57. The van der Waals surface area contributed by atoms with Crippen LogP contribution >= 0.6 is 23.2 Å². The second-order valence-electron chi connectivity index (χ2n) is 8.02. The zero-order chi connectivity index (χ0) is 22.0. The number of benzene rings is 1. The van der Waals surface area contributed by atoms with E-state index >= 15 is 0 Å². The van der Waals surface area contributed by atoms with E-state index in [9.17, 15) is 4.79 Å². The van der Waals surface area contributed by atoms with E-state index in [-0.39, 0.29) is 11.8 Å². The third-order valence-corrected chi connectivity index (χ3v) is 6.20. The lowest BCUT2D eigenvalue weighted by Gasteiger charge is -2.33. The third-order valence-electron chi connectivity index (χ3n) is 5.76. The Labute approximate surface area is 191 Å². The Bertz CT molecular complexity index is 1060. The molecule has 1 fully saturated rings. The molecule has 0 aliphatic carbocycles. The Morgan fingerprint density at radius 2 is 1.84 bits per heavy atom. The maximum absolute atomic E-state index is 12.7. The van der Waals surface area contributed by atoms with Gasteiger partial charge in [0.25, 0.3) is 0 Å². The van der Waals surface area contributed by atoms with E-state index in [4.69, 9.17) is 28.3 Å². The number of nitrogens with zero attached hydrogens (tertiary/aromatic N) is 6. The fraction of sp³-hybridized carbons (Fsp3) is 0.455. The highest BCUT2D eigenvalue weighted by Gasteiger charge is 2.28. The molecule has 0 saturated carbocycles. The van der Waals surface area contributed by atoms with E-state index in [0.29, 0.717) is 21.5 Å². The van der Waals surface area contributed by atoms with E-state index in [2.05, 4.69) is 22.0 Å². The number of aromatic nitrogens is 4. The number of carbonyl (C=O) groups is 1. The molecule has 1 aliphatic rings. The molecule has 1 amide bonds. The van der Waals surface area contributed by atoms with Crippen LogP contribution in [0.1, 0.15) is 32.6 Å². The molecule has 31 heavy (non-hydrogen) atoms. The average molecular weight is 461 g/mol. The number of rotatable bonds is 6. The molecule has 1 aliphatic heterocycles. The molecule has 1 saturated heterocycles. The first-order valence-electron chi connectivity index (χ1n) is 10.6. The van der Waals surface area contributed by atoms with Crippen LogP contribution in [0.4, 0.5) is 5.82 Å². The van der Waals surface area contributed by atoms with Crippen molar-refractivity contribution in [2.75, 3.05) is 31.6 Å². The van der Waals surface area contributed by atoms with Gasteiger partial charge in [-0.25, -0.2) is 0 Å². The van der Waals surface area contributed by atoms with Gasteiger partial charge in [0.1, 0.15) is 5.82 Å². The minimum absolute atomic E-state index is 0.0842. The molecule has 0 radical (unpaired) electrons.